The van der Waals surface area contributed by atoms with Crippen LogP contribution in [0.1, 0.15) is 36.8 Å². The van der Waals surface area contributed by atoms with Crippen LogP contribution in [0.2, 0.25) is 0 Å². The Bertz CT molecular complexity index is 3000. The Morgan fingerprint density at radius 3 is 1.05 bits per heavy atom. The molecule has 0 saturated heterocycles. The van der Waals surface area contributed by atoms with Crippen LogP contribution in [-0.4, -0.2) is 31.6 Å². The number of phenolic OH excluding ortho intramolecular Hbond substituents is 2. The molecule has 1 saturated carbocycles. The van der Waals surface area contributed by atoms with Gasteiger partial charge in [0.25, 0.3) is 0 Å². The third kappa shape index (κ3) is 6.33. The summed E-state index contributed by atoms with van der Waals surface area (Å²) in [4.78, 5) is 0. The lowest BCUT2D eigenvalue weighted by Gasteiger charge is -2.30. The molecule has 2 N–H and O–H groups in total. The highest BCUT2D eigenvalue weighted by Gasteiger charge is 2.27. The summed E-state index contributed by atoms with van der Waals surface area (Å²) >= 11 is 0. The lowest BCUT2D eigenvalue weighted by Crippen LogP contribution is -2.30. The Hall–Kier alpha value is -7.44. The fraction of sp³-hybridized carbons (Fsp3) is 0.143. The van der Waals surface area contributed by atoms with Gasteiger partial charge < -0.3 is 28.8 Å². The van der Waals surface area contributed by atoms with Crippen LogP contribution in [0.5, 0.6) is 23.0 Å². The summed E-state index contributed by atoms with van der Waals surface area (Å²) in [6.45, 7) is 4.16. The van der Waals surface area contributed by atoms with Gasteiger partial charge in [-0.1, -0.05) is 109 Å². The molecule has 6 nitrogen and oxygen atoms in total. The van der Waals surface area contributed by atoms with Crippen molar-refractivity contribution >= 4 is 43.6 Å². The Labute approximate surface area is 360 Å². The van der Waals surface area contributed by atoms with Crippen LogP contribution < -0.4 is 9.47 Å². The van der Waals surface area contributed by atoms with Gasteiger partial charge in [-0.3, -0.25) is 0 Å². The monoisotopic (exact) mass is 810 g/mol. The molecule has 1 fully saturated rings. The standard InChI is InChI=1S/C56H46N2O4/c1-35-31-45(55(59)51(33-35)57-47-21-9-3-15-39(47)40-16-4-10-22-48(40)57)43-19-7-13-25-53(43)61-37-27-29-38(30-28-37)62-54-26-14-8-20-44(54)46-32-36(2)34-52(56(46)60)58-49-23-11-5-17-41(49)42-18-6-12-24-50(42)58/h3-26,31-34,37-38,59-60H,27-30H2,1-2H3. The molecular weight excluding hydrogens is 765 g/mol. The van der Waals surface area contributed by atoms with E-state index >= 15 is 0 Å². The van der Waals surface area contributed by atoms with Crippen molar-refractivity contribution < 1.29 is 19.7 Å². The molecule has 0 bridgehead atoms. The molecule has 0 unspecified atom stereocenters. The minimum absolute atomic E-state index is 0.00963. The number of aromatic hydroxyl groups is 2. The number of hydrogen-bond donors (Lipinski definition) is 2. The van der Waals surface area contributed by atoms with Gasteiger partial charge in [0.15, 0.2) is 0 Å². The molecule has 1 aliphatic rings. The first-order valence-electron chi connectivity index (χ1n) is 21.6. The van der Waals surface area contributed by atoms with Gasteiger partial charge in [-0.25, -0.2) is 0 Å². The largest absolute Gasteiger partial charge is 0.505 e. The second kappa shape index (κ2) is 15.2. The first-order chi connectivity index (χ1) is 30.4. The van der Waals surface area contributed by atoms with E-state index < -0.39 is 0 Å². The summed E-state index contributed by atoms with van der Waals surface area (Å²) in [5.41, 5.74) is 11.0. The van der Waals surface area contributed by atoms with E-state index in [0.29, 0.717) is 0 Å². The van der Waals surface area contributed by atoms with Gasteiger partial charge in [-0.15, -0.1) is 0 Å². The number of fused-ring (bicyclic) bond motifs is 6. The third-order valence-electron chi connectivity index (χ3n) is 12.7. The molecule has 304 valence electrons. The zero-order valence-corrected chi connectivity index (χ0v) is 34.8. The van der Waals surface area contributed by atoms with Crippen molar-refractivity contribution in [3.8, 4) is 56.6 Å². The average Bonchev–Trinajstić information content (AvgIpc) is 3.82. The van der Waals surface area contributed by atoms with Crippen LogP contribution in [0, 0.1) is 13.8 Å². The van der Waals surface area contributed by atoms with Gasteiger partial charge in [0, 0.05) is 43.8 Å². The molecule has 2 heterocycles. The number of ether oxygens (including phenoxy) is 2. The van der Waals surface area contributed by atoms with Gasteiger partial charge in [0.2, 0.25) is 0 Å². The number of rotatable bonds is 8. The van der Waals surface area contributed by atoms with Crippen molar-refractivity contribution in [2.45, 2.75) is 51.7 Å². The Morgan fingerprint density at radius 1 is 0.387 bits per heavy atom. The van der Waals surface area contributed by atoms with Crippen LogP contribution >= 0.6 is 0 Å². The summed E-state index contributed by atoms with van der Waals surface area (Å²) in [5.74, 6) is 1.95. The number of aryl methyl sites for hydroxylation is 2. The zero-order chi connectivity index (χ0) is 41.9. The molecule has 10 aromatic rings. The predicted molar refractivity (Wildman–Crippen MR) is 253 cm³/mol. The van der Waals surface area contributed by atoms with E-state index in [4.69, 9.17) is 9.47 Å². The van der Waals surface area contributed by atoms with Crippen LogP contribution in [0.25, 0.3) is 77.2 Å². The van der Waals surface area contributed by atoms with E-state index in [1.165, 1.54) is 0 Å². The van der Waals surface area contributed by atoms with Crippen molar-refractivity contribution in [1.29, 1.82) is 0 Å². The van der Waals surface area contributed by atoms with Crippen LogP contribution in [0.4, 0.5) is 0 Å². The van der Waals surface area contributed by atoms with Gasteiger partial charge in [-0.2, -0.15) is 0 Å². The summed E-state index contributed by atoms with van der Waals surface area (Å²) in [5, 5.41) is 28.9. The fourth-order valence-corrected chi connectivity index (χ4v) is 9.85. The highest BCUT2D eigenvalue weighted by molar-refractivity contribution is 6.10. The van der Waals surface area contributed by atoms with E-state index in [9.17, 15) is 10.2 Å². The minimum Gasteiger partial charge on any atom is -0.505 e. The molecule has 0 amide bonds. The second-order valence-electron chi connectivity index (χ2n) is 16.7. The van der Waals surface area contributed by atoms with Crippen molar-refractivity contribution in [2.24, 2.45) is 0 Å². The van der Waals surface area contributed by atoms with Crippen molar-refractivity contribution in [2.75, 3.05) is 0 Å². The molecule has 1 aliphatic carbocycles. The molecule has 62 heavy (non-hydrogen) atoms. The predicted octanol–water partition coefficient (Wildman–Crippen LogP) is 14.0. The first-order valence-corrected chi connectivity index (χ1v) is 21.6. The van der Waals surface area contributed by atoms with E-state index in [2.05, 4.69) is 120 Å². The van der Waals surface area contributed by atoms with Crippen LogP contribution in [0.3, 0.4) is 0 Å². The second-order valence-corrected chi connectivity index (χ2v) is 16.7. The van der Waals surface area contributed by atoms with Crippen molar-refractivity contribution in [3.63, 3.8) is 0 Å². The first kappa shape index (κ1) is 37.6. The quantitative estimate of drug-likeness (QED) is 0.160. The molecule has 0 spiro atoms. The molecule has 6 heteroatoms. The zero-order valence-electron chi connectivity index (χ0n) is 34.8. The van der Waals surface area contributed by atoms with Crippen molar-refractivity contribution in [1.82, 2.24) is 9.13 Å². The Morgan fingerprint density at radius 2 is 0.694 bits per heavy atom. The number of para-hydroxylation sites is 6. The molecule has 8 aromatic carbocycles. The molecule has 0 aliphatic heterocycles. The third-order valence-corrected chi connectivity index (χ3v) is 12.7. The average molecular weight is 811 g/mol. The molecule has 0 radical (unpaired) electrons. The maximum absolute atomic E-state index is 12.1. The van der Waals surface area contributed by atoms with E-state index in [1.807, 2.05) is 72.8 Å². The maximum Gasteiger partial charge on any atom is 0.147 e. The van der Waals surface area contributed by atoms with E-state index in [1.54, 1.807) is 0 Å². The lowest BCUT2D eigenvalue weighted by atomic mass is 9.94. The number of benzene rings is 8. The van der Waals surface area contributed by atoms with Gasteiger partial charge in [0.05, 0.1) is 45.6 Å². The maximum atomic E-state index is 12.1. The highest BCUT2D eigenvalue weighted by atomic mass is 16.5. The molecule has 0 atom stereocenters. The Balaban J connectivity index is 0.853. The summed E-state index contributed by atoms with van der Waals surface area (Å²) in [6, 6.07) is 57.8. The normalized spacial score (nSPS) is 15.5. The number of nitrogens with zero attached hydrogens (tertiary/aromatic N) is 2. The summed E-state index contributed by atoms with van der Waals surface area (Å²) in [7, 11) is 0. The fourth-order valence-electron chi connectivity index (χ4n) is 9.85. The number of phenols is 2. The smallest absolute Gasteiger partial charge is 0.147 e. The summed E-state index contributed by atoms with van der Waals surface area (Å²) < 4.78 is 18.0. The molecule has 11 rings (SSSR count). The SMILES string of the molecule is Cc1cc(-c2ccccc2OC2CCC(Oc3ccccc3-c3cc(C)cc(-n4c5ccccc5c5ccccc54)c3O)CC2)c(O)c(-n2c3ccccc3c3ccccc32)c1. The van der Waals surface area contributed by atoms with Gasteiger partial charge in [0.1, 0.15) is 23.0 Å². The molecular formula is C56H46N2O4. The molecule has 2 aromatic heterocycles. The lowest BCUT2D eigenvalue weighted by molar-refractivity contribution is 0.0813. The van der Waals surface area contributed by atoms with Crippen LogP contribution in [-0.2, 0) is 0 Å². The van der Waals surface area contributed by atoms with E-state index in [-0.39, 0.29) is 23.7 Å². The van der Waals surface area contributed by atoms with Gasteiger partial charge >= 0.3 is 0 Å². The topological polar surface area (TPSA) is 68.8 Å². The van der Waals surface area contributed by atoms with Crippen LogP contribution in [0.15, 0.2) is 170 Å². The Kier molecular flexibility index (Phi) is 9.23. The van der Waals surface area contributed by atoms with Crippen molar-refractivity contribution in [3.05, 3.63) is 181 Å². The van der Waals surface area contributed by atoms with Gasteiger partial charge in [-0.05, 0) is 111 Å². The number of hydrogen-bond acceptors (Lipinski definition) is 4. The number of aromatic nitrogens is 2. The van der Waals surface area contributed by atoms with E-state index in [0.717, 1.165) is 126 Å². The summed E-state index contributed by atoms with van der Waals surface area (Å²) in [6.07, 6.45) is 3.26. The minimum atomic E-state index is -0.00963. The highest BCUT2D eigenvalue weighted by Crippen LogP contribution is 2.46.